The molecule has 0 unspecified atom stereocenters. The van der Waals surface area contributed by atoms with Crippen molar-refractivity contribution >= 4 is 0 Å². The molecule has 0 spiro atoms. The first-order chi connectivity index (χ1) is 8.68. The molecule has 0 heterocycles. The highest BCUT2D eigenvalue weighted by Crippen LogP contribution is 2.33. The Hall–Kier alpha value is -2.31. The van der Waals surface area contributed by atoms with Gasteiger partial charge in [-0.2, -0.15) is 15.8 Å². The van der Waals surface area contributed by atoms with Gasteiger partial charge in [0.15, 0.2) is 0 Å². The Labute approximate surface area is 108 Å². The summed E-state index contributed by atoms with van der Waals surface area (Å²) in [5.74, 6) is 0. The number of hydrogen-bond acceptors (Lipinski definition) is 3. The van der Waals surface area contributed by atoms with Crippen LogP contribution in [0.3, 0.4) is 0 Å². The van der Waals surface area contributed by atoms with Crippen LogP contribution in [0.15, 0.2) is 24.3 Å². The highest BCUT2D eigenvalue weighted by atomic mass is 14.4. The highest BCUT2D eigenvalue weighted by molar-refractivity contribution is 5.34. The van der Waals surface area contributed by atoms with Crippen LogP contribution in [0.2, 0.25) is 0 Å². The van der Waals surface area contributed by atoms with Crippen LogP contribution < -0.4 is 0 Å². The van der Waals surface area contributed by atoms with E-state index in [0.717, 1.165) is 11.1 Å². The number of hydrogen-bond donors (Lipinski definition) is 0. The summed E-state index contributed by atoms with van der Waals surface area (Å²) in [7, 11) is 0. The van der Waals surface area contributed by atoms with Crippen molar-refractivity contribution in [3.63, 3.8) is 0 Å². The zero-order valence-corrected chi connectivity index (χ0v) is 10.5. The maximum absolute atomic E-state index is 9.48. The molecule has 0 aliphatic rings. The third-order valence-electron chi connectivity index (χ3n) is 3.15. The molecule has 0 saturated heterocycles. The van der Waals surface area contributed by atoms with Crippen molar-refractivity contribution < 1.29 is 0 Å². The lowest BCUT2D eigenvalue weighted by Crippen LogP contribution is -2.24. The zero-order valence-electron chi connectivity index (χ0n) is 10.5. The summed E-state index contributed by atoms with van der Waals surface area (Å²) in [4.78, 5) is 0. The molecular formula is C15H15N3. The molecule has 18 heavy (non-hydrogen) atoms. The third-order valence-corrected chi connectivity index (χ3v) is 3.15. The summed E-state index contributed by atoms with van der Waals surface area (Å²) in [6, 6.07) is 14.2. The first-order valence-corrected chi connectivity index (χ1v) is 5.91. The van der Waals surface area contributed by atoms with Crippen molar-refractivity contribution in [3.05, 3.63) is 35.4 Å². The second kappa shape index (κ2) is 6.43. The van der Waals surface area contributed by atoms with Crippen LogP contribution in [-0.2, 0) is 5.41 Å². The molecule has 3 heteroatoms. The minimum atomic E-state index is -0.709. The van der Waals surface area contributed by atoms with Gasteiger partial charge in [-0.3, -0.25) is 0 Å². The molecule has 0 saturated carbocycles. The molecule has 0 aromatic heterocycles. The fraction of sp³-hybridized carbons (Fsp3) is 0.400. The summed E-state index contributed by atoms with van der Waals surface area (Å²) in [5.41, 5.74) is 1.33. The summed E-state index contributed by atoms with van der Waals surface area (Å²) < 4.78 is 0. The average molecular weight is 237 g/mol. The average Bonchev–Trinajstić information content (AvgIpc) is 2.41. The lowest BCUT2D eigenvalue weighted by atomic mass is 9.74. The van der Waals surface area contributed by atoms with Crippen LogP contribution in [0, 0.1) is 40.9 Å². The molecule has 3 nitrogen and oxygen atoms in total. The molecule has 0 aliphatic heterocycles. The van der Waals surface area contributed by atoms with Gasteiger partial charge in [-0.1, -0.05) is 29.8 Å². The summed E-state index contributed by atoms with van der Waals surface area (Å²) in [6.45, 7) is 1.99. The monoisotopic (exact) mass is 237 g/mol. The Morgan fingerprint density at radius 1 is 0.944 bits per heavy atom. The summed E-state index contributed by atoms with van der Waals surface area (Å²) in [5, 5.41) is 26.9. The topological polar surface area (TPSA) is 71.4 Å². The van der Waals surface area contributed by atoms with Crippen LogP contribution in [0.1, 0.15) is 36.8 Å². The minimum Gasteiger partial charge on any atom is -0.198 e. The molecule has 90 valence electrons. The van der Waals surface area contributed by atoms with E-state index in [-0.39, 0.29) is 0 Å². The van der Waals surface area contributed by atoms with Gasteiger partial charge in [0.2, 0.25) is 0 Å². The minimum absolute atomic E-state index is 0.326. The van der Waals surface area contributed by atoms with Gasteiger partial charge in [-0.15, -0.1) is 0 Å². The van der Waals surface area contributed by atoms with Gasteiger partial charge < -0.3 is 0 Å². The van der Waals surface area contributed by atoms with Crippen LogP contribution in [0.4, 0.5) is 0 Å². The van der Waals surface area contributed by atoms with E-state index < -0.39 is 5.41 Å². The molecule has 0 aliphatic carbocycles. The number of aryl methyl sites for hydroxylation is 1. The molecule has 0 atom stereocenters. The maximum atomic E-state index is 9.48. The normalized spacial score (nSPS) is 10.1. The third kappa shape index (κ3) is 3.09. The molecule has 0 radical (unpaired) electrons. The van der Waals surface area contributed by atoms with Crippen molar-refractivity contribution in [2.75, 3.05) is 0 Å². The van der Waals surface area contributed by atoms with E-state index >= 15 is 0 Å². The van der Waals surface area contributed by atoms with E-state index in [0.29, 0.717) is 25.7 Å². The predicted octanol–water partition coefficient (Wildman–Crippen LogP) is 3.36. The van der Waals surface area contributed by atoms with E-state index in [1.807, 2.05) is 31.2 Å². The SMILES string of the molecule is Cc1ccc(C(C#N)(CCC#N)CCC#N)cc1. The van der Waals surface area contributed by atoms with Crippen LogP contribution >= 0.6 is 0 Å². The fourth-order valence-corrected chi connectivity index (χ4v) is 2.00. The second-order valence-corrected chi connectivity index (χ2v) is 4.38. The molecule has 0 amide bonds. The Morgan fingerprint density at radius 2 is 1.44 bits per heavy atom. The van der Waals surface area contributed by atoms with Crippen LogP contribution in [-0.4, -0.2) is 0 Å². The quantitative estimate of drug-likeness (QED) is 0.788. The molecular weight excluding hydrogens is 222 g/mol. The van der Waals surface area contributed by atoms with Gasteiger partial charge in [0.25, 0.3) is 0 Å². The number of nitrogens with zero attached hydrogens (tertiary/aromatic N) is 3. The summed E-state index contributed by atoms with van der Waals surface area (Å²) >= 11 is 0. The Kier molecular flexibility index (Phi) is 4.91. The van der Waals surface area contributed by atoms with Crippen molar-refractivity contribution in [2.45, 2.75) is 38.0 Å². The van der Waals surface area contributed by atoms with E-state index in [9.17, 15) is 5.26 Å². The van der Waals surface area contributed by atoms with Gasteiger partial charge in [0.1, 0.15) is 0 Å². The predicted molar refractivity (Wildman–Crippen MR) is 68.2 cm³/mol. The van der Waals surface area contributed by atoms with E-state index in [1.54, 1.807) is 0 Å². The van der Waals surface area contributed by atoms with Gasteiger partial charge in [-0.25, -0.2) is 0 Å². The van der Waals surface area contributed by atoms with Gasteiger partial charge in [0, 0.05) is 12.8 Å². The number of nitriles is 3. The standard InChI is InChI=1S/C15H15N3/c1-13-4-6-14(7-5-13)15(12-18,8-2-10-16)9-3-11-17/h4-7H,2-3,8-9H2,1H3. The number of benzene rings is 1. The van der Waals surface area contributed by atoms with Gasteiger partial charge in [-0.05, 0) is 25.3 Å². The lowest BCUT2D eigenvalue weighted by molar-refractivity contribution is 0.476. The van der Waals surface area contributed by atoms with E-state index in [2.05, 4.69) is 18.2 Å². The zero-order chi connectivity index (χ0) is 13.4. The van der Waals surface area contributed by atoms with Crippen LogP contribution in [0.5, 0.6) is 0 Å². The van der Waals surface area contributed by atoms with Crippen molar-refractivity contribution in [1.29, 1.82) is 15.8 Å². The molecule has 1 rings (SSSR count). The Balaban J connectivity index is 3.10. The number of rotatable bonds is 5. The van der Waals surface area contributed by atoms with Crippen LogP contribution in [0.25, 0.3) is 0 Å². The first-order valence-electron chi connectivity index (χ1n) is 5.91. The van der Waals surface area contributed by atoms with Crippen molar-refractivity contribution in [3.8, 4) is 18.2 Å². The van der Waals surface area contributed by atoms with Crippen molar-refractivity contribution in [2.24, 2.45) is 0 Å². The molecule has 0 fully saturated rings. The highest BCUT2D eigenvalue weighted by Gasteiger charge is 2.31. The Bertz CT molecular complexity index is 491. The fourth-order valence-electron chi connectivity index (χ4n) is 2.00. The molecule has 1 aromatic rings. The second-order valence-electron chi connectivity index (χ2n) is 4.38. The molecule has 1 aromatic carbocycles. The lowest BCUT2D eigenvalue weighted by Gasteiger charge is -2.25. The first kappa shape index (κ1) is 13.8. The largest absolute Gasteiger partial charge is 0.198 e. The maximum Gasteiger partial charge on any atom is 0.0842 e. The van der Waals surface area contributed by atoms with Crippen molar-refractivity contribution in [1.82, 2.24) is 0 Å². The van der Waals surface area contributed by atoms with Gasteiger partial charge >= 0.3 is 0 Å². The van der Waals surface area contributed by atoms with Gasteiger partial charge in [0.05, 0.1) is 23.6 Å². The Morgan fingerprint density at radius 3 is 1.83 bits per heavy atom. The molecule has 0 bridgehead atoms. The molecule has 0 N–H and O–H groups in total. The van der Waals surface area contributed by atoms with E-state index in [1.165, 1.54) is 0 Å². The summed E-state index contributed by atoms with van der Waals surface area (Å²) in [6.07, 6.45) is 1.61. The smallest absolute Gasteiger partial charge is 0.0842 e. The van der Waals surface area contributed by atoms with E-state index in [4.69, 9.17) is 10.5 Å².